The summed E-state index contributed by atoms with van der Waals surface area (Å²) in [6, 6.07) is 17.5. The third-order valence-corrected chi connectivity index (χ3v) is 6.82. The van der Waals surface area contributed by atoms with Crippen LogP contribution in [0.25, 0.3) is 16.8 Å². The highest BCUT2D eigenvalue weighted by Gasteiger charge is 2.35. The van der Waals surface area contributed by atoms with Gasteiger partial charge in [0, 0.05) is 5.39 Å². The van der Waals surface area contributed by atoms with Crippen LogP contribution in [-0.2, 0) is 4.79 Å². The Morgan fingerprint density at radius 1 is 0.941 bits per heavy atom. The molecular formula is C26H24INO5S. The van der Waals surface area contributed by atoms with Crippen molar-refractivity contribution in [3.8, 4) is 17.2 Å². The van der Waals surface area contributed by atoms with Gasteiger partial charge in [-0.15, -0.1) is 0 Å². The number of carbonyl (C=O) groups excluding carboxylic acids is 2. The Labute approximate surface area is 216 Å². The number of hydrogen-bond donors (Lipinski definition) is 0. The zero-order valence-corrected chi connectivity index (χ0v) is 21.9. The molecule has 2 amide bonds. The first-order valence-corrected chi connectivity index (χ1v) is 12.9. The molecule has 176 valence electrons. The van der Waals surface area contributed by atoms with Gasteiger partial charge in [0.05, 0.1) is 28.2 Å². The third-order valence-electron chi connectivity index (χ3n) is 5.11. The van der Waals surface area contributed by atoms with E-state index >= 15 is 0 Å². The smallest absolute Gasteiger partial charge is 0.293 e. The van der Waals surface area contributed by atoms with Crippen molar-refractivity contribution < 1.29 is 23.8 Å². The topological polar surface area (TPSA) is 65.1 Å². The number of hydrogen-bond acceptors (Lipinski definition) is 6. The molecule has 1 aliphatic heterocycles. The molecule has 0 radical (unpaired) electrons. The van der Waals surface area contributed by atoms with E-state index in [1.54, 1.807) is 6.08 Å². The lowest BCUT2D eigenvalue weighted by Crippen LogP contribution is -2.32. The maximum Gasteiger partial charge on any atom is 0.293 e. The van der Waals surface area contributed by atoms with Crippen LogP contribution in [0.5, 0.6) is 17.2 Å². The van der Waals surface area contributed by atoms with Crippen molar-refractivity contribution in [1.82, 2.24) is 4.90 Å². The van der Waals surface area contributed by atoms with Gasteiger partial charge in [0.25, 0.3) is 11.1 Å². The Kier molecular flexibility index (Phi) is 7.99. The molecule has 1 aliphatic rings. The molecule has 4 rings (SSSR count). The van der Waals surface area contributed by atoms with Gasteiger partial charge in [0.15, 0.2) is 11.5 Å². The minimum absolute atomic E-state index is 0.177. The Hall–Kier alpha value is -2.72. The number of nitrogens with zero attached hydrogens (tertiary/aromatic N) is 1. The maximum atomic E-state index is 12.9. The molecule has 0 N–H and O–H groups in total. The van der Waals surface area contributed by atoms with Gasteiger partial charge < -0.3 is 14.2 Å². The van der Waals surface area contributed by atoms with Crippen LogP contribution in [0.1, 0.15) is 19.4 Å². The molecule has 0 atom stereocenters. The zero-order chi connectivity index (χ0) is 24.1. The average molecular weight is 589 g/mol. The molecule has 6 nitrogen and oxygen atoms in total. The SMILES string of the molecule is CCOc1cc(/C=C2\SC(=O)N(CCOc3cccc4ccccc34)C2=O)cc(I)c1OCC. The fraction of sp³-hybridized carbons (Fsp3) is 0.231. The van der Waals surface area contributed by atoms with Gasteiger partial charge in [-0.3, -0.25) is 14.5 Å². The van der Waals surface area contributed by atoms with Crippen molar-refractivity contribution in [1.29, 1.82) is 0 Å². The summed E-state index contributed by atoms with van der Waals surface area (Å²) in [5, 5.41) is 1.77. The van der Waals surface area contributed by atoms with Gasteiger partial charge in [0.2, 0.25) is 0 Å². The predicted octanol–water partition coefficient (Wildman–Crippen LogP) is 6.36. The Bertz CT molecular complexity index is 1250. The van der Waals surface area contributed by atoms with E-state index in [9.17, 15) is 9.59 Å². The molecule has 0 spiro atoms. The van der Waals surface area contributed by atoms with Crippen LogP contribution in [-0.4, -0.2) is 42.4 Å². The maximum absolute atomic E-state index is 12.9. The van der Waals surface area contributed by atoms with Gasteiger partial charge in [-0.1, -0.05) is 36.4 Å². The molecule has 0 unspecified atom stereocenters. The molecule has 1 fully saturated rings. The molecule has 8 heteroatoms. The normalized spacial score (nSPS) is 14.8. The van der Waals surface area contributed by atoms with Crippen LogP contribution in [0, 0.1) is 3.57 Å². The summed E-state index contributed by atoms with van der Waals surface area (Å²) in [6.07, 6.45) is 1.72. The van der Waals surface area contributed by atoms with E-state index in [0.29, 0.717) is 29.6 Å². The van der Waals surface area contributed by atoms with Crippen molar-refractivity contribution in [2.24, 2.45) is 0 Å². The number of rotatable bonds is 9. The molecule has 3 aromatic carbocycles. The highest BCUT2D eigenvalue weighted by molar-refractivity contribution is 14.1. The number of halogens is 1. The molecule has 0 bridgehead atoms. The standard InChI is InChI=1S/C26H24INO5S/c1-3-31-22-15-17(14-20(27)24(22)32-4-2)16-23-25(29)28(26(30)34-23)12-13-33-21-11-7-9-18-8-5-6-10-19(18)21/h5-11,14-16H,3-4,12-13H2,1-2H3/b23-16-. The summed E-state index contributed by atoms with van der Waals surface area (Å²) in [6.45, 7) is 5.23. The molecule has 1 saturated heterocycles. The first-order valence-electron chi connectivity index (χ1n) is 11.0. The van der Waals surface area contributed by atoms with E-state index < -0.39 is 0 Å². The van der Waals surface area contributed by atoms with Crippen molar-refractivity contribution in [3.05, 3.63) is 68.6 Å². The minimum atomic E-state index is -0.321. The first kappa shape index (κ1) is 24.4. The van der Waals surface area contributed by atoms with Gasteiger partial charge in [0.1, 0.15) is 12.4 Å². The van der Waals surface area contributed by atoms with Crippen LogP contribution in [0.3, 0.4) is 0 Å². The number of ether oxygens (including phenoxy) is 3. The first-order chi connectivity index (χ1) is 16.5. The van der Waals surface area contributed by atoms with E-state index in [-0.39, 0.29) is 24.3 Å². The molecular weight excluding hydrogens is 565 g/mol. The summed E-state index contributed by atoms with van der Waals surface area (Å²) in [5.41, 5.74) is 0.772. The van der Waals surface area contributed by atoms with Crippen LogP contribution >= 0.6 is 34.4 Å². The Morgan fingerprint density at radius 3 is 2.50 bits per heavy atom. The van der Waals surface area contributed by atoms with Crippen molar-refractivity contribution in [2.45, 2.75) is 13.8 Å². The number of imide groups is 1. The molecule has 0 aliphatic carbocycles. The van der Waals surface area contributed by atoms with E-state index in [1.807, 2.05) is 68.4 Å². The average Bonchev–Trinajstić information content (AvgIpc) is 3.09. The van der Waals surface area contributed by atoms with Gasteiger partial charge in [-0.05, 0) is 83.4 Å². The summed E-state index contributed by atoms with van der Waals surface area (Å²) in [4.78, 5) is 27.1. The lowest BCUT2D eigenvalue weighted by molar-refractivity contribution is -0.123. The minimum Gasteiger partial charge on any atom is -0.491 e. The fourth-order valence-corrected chi connectivity index (χ4v) is 5.28. The number of thioether (sulfide) groups is 1. The van der Waals surface area contributed by atoms with Gasteiger partial charge in [-0.25, -0.2) is 0 Å². The van der Waals surface area contributed by atoms with Crippen LogP contribution in [0.4, 0.5) is 4.79 Å². The summed E-state index contributed by atoms with van der Waals surface area (Å²) < 4.78 is 18.2. The van der Waals surface area contributed by atoms with Crippen molar-refractivity contribution in [2.75, 3.05) is 26.4 Å². The van der Waals surface area contributed by atoms with Crippen LogP contribution < -0.4 is 14.2 Å². The highest BCUT2D eigenvalue weighted by atomic mass is 127. The van der Waals surface area contributed by atoms with E-state index in [4.69, 9.17) is 14.2 Å². The lowest BCUT2D eigenvalue weighted by Gasteiger charge is -2.14. The second kappa shape index (κ2) is 11.1. The van der Waals surface area contributed by atoms with Crippen LogP contribution in [0.15, 0.2) is 59.5 Å². The van der Waals surface area contributed by atoms with Crippen LogP contribution in [0.2, 0.25) is 0 Å². The zero-order valence-electron chi connectivity index (χ0n) is 18.9. The highest BCUT2D eigenvalue weighted by Crippen LogP contribution is 2.37. The lowest BCUT2D eigenvalue weighted by atomic mass is 10.1. The second-order valence-corrected chi connectivity index (χ2v) is 9.51. The number of carbonyl (C=O) groups is 2. The fourth-order valence-electron chi connectivity index (χ4n) is 3.63. The summed E-state index contributed by atoms with van der Waals surface area (Å²) in [5.74, 6) is 1.71. The predicted molar refractivity (Wildman–Crippen MR) is 144 cm³/mol. The number of fused-ring (bicyclic) bond motifs is 1. The van der Waals surface area contributed by atoms with Gasteiger partial charge >= 0.3 is 0 Å². The molecule has 0 aromatic heterocycles. The number of amides is 2. The largest absolute Gasteiger partial charge is 0.491 e. The van der Waals surface area contributed by atoms with Crippen molar-refractivity contribution in [3.63, 3.8) is 0 Å². The monoisotopic (exact) mass is 589 g/mol. The van der Waals surface area contributed by atoms with E-state index in [1.165, 1.54) is 4.90 Å². The van der Waals surface area contributed by atoms with E-state index in [0.717, 1.165) is 37.4 Å². The summed E-state index contributed by atoms with van der Waals surface area (Å²) >= 11 is 3.12. The summed E-state index contributed by atoms with van der Waals surface area (Å²) in [7, 11) is 0. The second-order valence-electron chi connectivity index (χ2n) is 7.36. The van der Waals surface area contributed by atoms with Crippen molar-refractivity contribution >= 4 is 62.3 Å². The van der Waals surface area contributed by atoms with Gasteiger partial charge in [-0.2, -0.15) is 0 Å². The Balaban J connectivity index is 1.47. The number of benzene rings is 3. The molecule has 1 heterocycles. The Morgan fingerprint density at radius 2 is 1.71 bits per heavy atom. The quantitative estimate of drug-likeness (QED) is 0.214. The third kappa shape index (κ3) is 5.33. The van der Waals surface area contributed by atoms with E-state index in [2.05, 4.69) is 22.6 Å². The molecule has 3 aromatic rings. The molecule has 34 heavy (non-hydrogen) atoms. The molecule has 0 saturated carbocycles.